The molecule has 0 atom stereocenters. The van der Waals surface area contributed by atoms with Crippen LogP contribution < -0.4 is 20.5 Å². The van der Waals surface area contributed by atoms with Gasteiger partial charge in [-0.05, 0) is 56.3 Å². The van der Waals surface area contributed by atoms with E-state index in [0.29, 0.717) is 28.0 Å². The van der Waals surface area contributed by atoms with Gasteiger partial charge in [-0.15, -0.1) is 0 Å². The second-order valence-corrected chi connectivity index (χ2v) is 9.56. The molecule has 0 aliphatic heterocycles. The van der Waals surface area contributed by atoms with Crippen molar-refractivity contribution in [2.24, 2.45) is 5.14 Å². The van der Waals surface area contributed by atoms with E-state index < -0.39 is 22.2 Å². The van der Waals surface area contributed by atoms with Gasteiger partial charge in [0.2, 0.25) is 10.0 Å². The second-order valence-electron chi connectivity index (χ2n) is 7.56. The topological polar surface area (TPSA) is 157 Å². The number of carboxylic acids is 1. The number of carbonyl (C=O) groups is 1. The highest BCUT2D eigenvalue weighted by atomic mass is 35.5. The van der Waals surface area contributed by atoms with E-state index in [1.165, 1.54) is 18.5 Å². The maximum absolute atomic E-state index is 11.7. The zero-order valence-corrected chi connectivity index (χ0v) is 21.0. The lowest BCUT2D eigenvalue weighted by molar-refractivity contribution is -0.192. The molecule has 0 aliphatic carbocycles. The highest BCUT2D eigenvalue weighted by Gasteiger charge is 2.38. The fourth-order valence-electron chi connectivity index (χ4n) is 2.63. The lowest BCUT2D eigenvalue weighted by atomic mass is 10.2. The standard InChI is InChI=1S/C20H22ClN5O3S.C2HF3O2/c1-13(2)29-18-8-7-17(30(22,27)28)9-14(18)11-23-19-10-20(25-12-24-19)26-16-5-3-15(21)4-6-16;3-2(4,5)1(6)7/h3-10,12-13H,11H2,1-2H3,(H2,22,27,28)(H2,23,24,25,26);(H,6,7). The average Bonchev–Trinajstić information content (AvgIpc) is 2.79. The Morgan fingerprint density at radius 1 is 1.11 bits per heavy atom. The minimum atomic E-state index is -5.08. The number of aliphatic carboxylic acids is 1. The third kappa shape index (κ3) is 10.1. The summed E-state index contributed by atoms with van der Waals surface area (Å²) >= 11 is 5.90. The van der Waals surface area contributed by atoms with Gasteiger partial charge in [0.1, 0.15) is 23.7 Å². The van der Waals surface area contributed by atoms with Gasteiger partial charge in [0.25, 0.3) is 0 Å². The number of hydrogen-bond donors (Lipinski definition) is 4. The van der Waals surface area contributed by atoms with Crippen LogP contribution in [0.15, 0.2) is 59.8 Å². The molecule has 10 nitrogen and oxygen atoms in total. The Balaban J connectivity index is 0.000000604. The number of aromatic nitrogens is 2. The molecule has 1 heterocycles. The van der Waals surface area contributed by atoms with E-state index in [1.807, 2.05) is 26.0 Å². The fraction of sp³-hybridized carbons (Fsp3) is 0.227. The van der Waals surface area contributed by atoms with Crippen LogP contribution in [0.4, 0.5) is 30.5 Å². The first-order valence-corrected chi connectivity index (χ1v) is 12.3. The van der Waals surface area contributed by atoms with Gasteiger partial charge in [0.15, 0.2) is 0 Å². The van der Waals surface area contributed by atoms with E-state index >= 15 is 0 Å². The largest absolute Gasteiger partial charge is 0.491 e. The number of nitrogens with zero attached hydrogens (tertiary/aromatic N) is 2. The first kappa shape index (κ1) is 29.6. The molecule has 0 radical (unpaired) electrons. The molecule has 3 aromatic rings. The van der Waals surface area contributed by atoms with Crippen molar-refractivity contribution in [3.8, 4) is 5.75 Å². The first-order chi connectivity index (χ1) is 17.1. The number of rotatable bonds is 8. The van der Waals surface area contributed by atoms with Crippen molar-refractivity contribution in [1.82, 2.24) is 9.97 Å². The van der Waals surface area contributed by atoms with Crippen molar-refractivity contribution in [3.63, 3.8) is 0 Å². The number of benzene rings is 2. The van der Waals surface area contributed by atoms with Gasteiger partial charge in [-0.2, -0.15) is 13.2 Å². The molecular formula is C22H23ClF3N5O5S. The molecule has 0 saturated heterocycles. The van der Waals surface area contributed by atoms with Crippen LogP contribution >= 0.6 is 11.6 Å². The van der Waals surface area contributed by atoms with E-state index in [0.717, 1.165) is 5.69 Å². The Labute approximate surface area is 215 Å². The lowest BCUT2D eigenvalue weighted by Gasteiger charge is -2.16. The van der Waals surface area contributed by atoms with Crippen LogP contribution in [-0.4, -0.2) is 41.7 Å². The third-order valence-corrected chi connectivity index (χ3v) is 5.37. The Morgan fingerprint density at radius 3 is 2.24 bits per heavy atom. The predicted molar refractivity (Wildman–Crippen MR) is 131 cm³/mol. The van der Waals surface area contributed by atoms with Crippen molar-refractivity contribution in [3.05, 3.63) is 65.4 Å². The van der Waals surface area contributed by atoms with E-state index in [-0.39, 0.29) is 17.5 Å². The quantitative estimate of drug-likeness (QED) is 0.309. The normalized spacial score (nSPS) is 11.4. The number of nitrogens with two attached hydrogens (primary N) is 1. The van der Waals surface area contributed by atoms with Crippen molar-refractivity contribution in [2.75, 3.05) is 10.6 Å². The maximum Gasteiger partial charge on any atom is 0.490 e. The van der Waals surface area contributed by atoms with Gasteiger partial charge in [-0.1, -0.05) is 11.6 Å². The molecule has 3 rings (SSSR count). The first-order valence-electron chi connectivity index (χ1n) is 10.4. The Kier molecular flexibility index (Phi) is 10.1. The molecule has 0 aliphatic rings. The van der Waals surface area contributed by atoms with Crippen molar-refractivity contribution >= 4 is 44.9 Å². The molecule has 0 spiro atoms. The number of anilines is 3. The average molecular weight is 562 g/mol. The number of carboxylic acid groups (broad SMARTS) is 1. The molecule has 0 fully saturated rings. The van der Waals surface area contributed by atoms with Crippen LogP contribution in [-0.2, 0) is 21.4 Å². The highest BCUT2D eigenvalue weighted by Crippen LogP contribution is 2.25. The predicted octanol–water partition coefficient (Wildman–Crippen LogP) is 4.55. The summed E-state index contributed by atoms with van der Waals surface area (Å²) in [6, 6.07) is 13.5. The van der Waals surface area contributed by atoms with E-state index in [4.69, 9.17) is 31.4 Å². The Bertz CT molecular complexity index is 1320. The molecule has 200 valence electrons. The molecule has 0 unspecified atom stereocenters. The number of ether oxygens (including phenoxy) is 1. The van der Waals surface area contributed by atoms with Gasteiger partial charge < -0.3 is 20.5 Å². The number of halogens is 4. The van der Waals surface area contributed by atoms with Crippen LogP contribution in [0.5, 0.6) is 5.75 Å². The van der Waals surface area contributed by atoms with Crippen molar-refractivity contribution in [2.45, 2.75) is 37.6 Å². The fourth-order valence-corrected chi connectivity index (χ4v) is 3.32. The molecule has 2 aromatic carbocycles. The third-order valence-electron chi connectivity index (χ3n) is 4.21. The van der Waals surface area contributed by atoms with E-state index in [1.54, 1.807) is 24.3 Å². The van der Waals surface area contributed by atoms with Gasteiger partial charge in [-0.25, -0.2) is 28.3 Å². The van der Waals surface area contributed by atoms with E-state index in [2.05, 4.69) is 20.6 Å². The summed E-state index contributed by atoms with van der Waals surface area (Å²) in [6.07, 6.45) is -3.73. The minimum Gasteiger partial charge on any atom is -0.491 e. The Hall–Kier alpha value is -3.62. The number of alkyl halides is 3. The van der Waals surface area contributed by atoms with Crippen LogP contribution in [0, 0.1) is 0 Å². The summed E-state index contributed by atoms with van der Waals surface area (Å²) in [4.78, 5) is 17.3. The Morgan fingerprint density at radius 2 is 1.70 bits per heavy atom. The number of hydrogen-bond acceptors (Lipinski definition) is 8. The molecule has 5 N–H and O–H groups in total. The molecule has 0 amide bonds. The summed E-state index contributed by atoms with van der Waals surface area (Å²) in [5, 5.41) is 19.4. The minimum absolute atomic E-state index is 0.0168. The monoisotopic (exact) mass is 561 g/mol. The second kappa shape index (κ2) is 12.6. The number of primary sulfonamides is 1. The van der Waals surface area contributed by atoms with Gasteiger partial charge >= 0.3 is 12.1 Å². The van der Waals surface area contributed by atoms with Crippen LogP contribution in [0.3, 0.4) is 0 Å². The zero-order chi connectivity index (χ0) is 27.8. The SMILES string of the molecule is CC(C)Oc1ccc(S(N)(=O)=O)cc1CNc1cc(Nc2ccc(Cl)cc2)ncn1.O=C(O)C(F)(F)F. The van der Waals surface area contributed by atoms with Gasteiger partial charge in [0.05, 0.1) is 11.0 Å². The van der Waals surface area contributed by atoms with E-state index in [9.17, 15) is 21.6 Å². The maximum atomic E-state index is 11.7. The molecule has 0 bridgehead atoms. The van der Waals surface area contributed by atoms with Crippen LogP contribution in [0.25, 0.3) is 0 Å². The smallest absolute Gasteiger partial charge is 0.490 e. The van der Waals surface area contributed by atoms with Crippen LogP contribution in [0.2, 0.25) is 5.02 Å². The zero-order valence-electron chi connectivity index (χ0n) is 19.5. The molecule has 37 heavy (non-hydrogen) atoms. The molecular weight excluding hydrogens is 539 g/mol. The summed E-state index contributed by atoms with van der Waals surface area (Å²) in [7, 11) is -3.83. The lowest BCUT2D eigenvalue weighted by Crippen LogP contribution is -2.21. The van der Waals surface area contributed by atoms with Gasteiger partial charge in [0, 0.05) is 28.9 Å². The summed E-state index contributed by atoms with van der Waals surface area (Å²) in [6.45, 7) is 4.07. The summed E-state index contributed by atoms with van der Waals surface area (Å²) in [5.41, 5.74) is 1.47. The summed E-state index contributed by atoms with van der Waals surface area (Å²) in [5.74, 6) is -1.05. The van der Waals surface area contributed by atoms with Crippen LogP contribution in [0.1, 0.15) is 19.4 Å². The molecule has 1 aromatic heterocycles. The highest BCUT2D eigenvalue weighted by molar-refractivity contribution is 7.89. The van der Waals surface area contributed by atoms with Crippen molar-refractivity contribution in [1.29, 1.82) is 0 Å². The van der Waals surface area contributed by atoms with Gasteiger partial charge in [-0.3, -0.25) is 0 Å². The molecule has 15 heteroatoms. The summed E-state index contributed by atoms with van der Waals surface area (Å²) < 4.78 is 60.9. The van der Waals surface area contributed by atoms with Crippen molar-refractivity contribution < 1.29 is 36.2 Å². The molecule has 0 saturated carbocycles. The number of sulfonamides is 1. The number of nitrogens with one attached hydrogen (secondary N) is 2.